The highest BCUT2D eigenvalue weighted by Crippen LogP contribution is 2.29. The largest absolute Gasteiger partial charge is 0.324 e. The molecule has 1 aromatic carbocycles. The maximum absolute atomic E-state index is 13.1. The third-order valence-corrected chi connectivity index (χ3v) is 4.48. The Morgan fingerprint density at radius 3 is 2.81 bits per heavy atom. The Bertz CT molecular complexity index is 620. The minimum Gasteiger partial charge on any atom is -0.324 e. The molecule has 0 bridgehead atoms. The van der Waals surface area contributed by atoms with E-state index < -0.39 is 0 Å². The number of nitrogens with zero attached hydrogens (tertiary/aromatic N) is 2. The minimum absolute atomic E-state index is 0.273. The van der Waals surface area contributed by atoms with Crippen LogP contribution in [-0.4, -0.2) is 9.78 Å². The Morgan fingerprint density at radius 2 is 2.10 bits per heavy atom. The Hall–Kier alpha value is -1.39. The lowest BCUT2D eigenvalue weighted by Gasteiger charge is -2.13. The molecule has 1 aromatic heterocycles. The summed E-state index contributed by atoms with van der Waals surface area (Å²) in [4.78, 5) is 0. The van der Waals surface area contributed by atoms with Crippen molar-refractivity contribution in [2.75, 3.05) is 0 Å². The van der Waals surface area contributed by atoms with E-state index in [2.05, 4.69) is 9.78 Å². The Balaban J connectivity index is 1.70. The third kappa shape index (κ3) is 3.27. The first-order valence-electron chi connectivity index (χ1n) is 7.38. The lowest BCUT2D eigenvalue weighted by molar-refractivity contribution is 0.461. The van der Waals surface area contributed by atoms with Crippen LogP contribution >= 0.6 is 11.6 Å². The number of hydrogen-bond donors (Lipinski definition) is 1. The predicted molar refractivity (Wildman–Crippen MR) is 81.8 cm³/mol. The summed E-state index contributed by atoms with van der Waals surface area (Å²) >= 11 is 6.05. The maximum Gasteiger partial charge on any atom is 0.124 e. The van der Waals surface area contributed by atoms with E-state index in [-0.39, 0.29) is 11.9 Å². The van der Waals surface area contributed by atoms with Crippen molar-refractivity contribution in [1.82, 2.24) is 9.78 Å². The van der Waals surface area contributed by atoms with Gasteiger partial charge in [0.2, 0.25) is 0 Å². The van der Waals surface area contributed by atoms with Crippen LogP contribution < -0.4 is 5.73 Å². The van der Waals surface area contributed by atoms with Crippen molar-refractivity contribution >= 4 is 11.6 Å². The van der Waals surface area contributed by atoms with Crippen LogP contribution in [-0.2, 0) is 6.42 Å². The van der Waals surface area contributed by atoms with Gasteiger partial charge in [0.05, 0.1) is 11.7 Å². The number of benzene rings is 1. The molecule has 1 atom stereocenters. The number of halogens is 2. The molecule has 1 fully saturated rings. The molecule has 1 aliphatic carbocycles. The summed E-state index contributed by atoms with van der Waals surface area (Å²) in [6, 6.07) is 6.60. The zero-order valence-electron chi connectivity index (χ0n) is 11.8. The lowest BCUT2D eigenvalue weighted by Crippen LogP contribution is -2.15. The topological polar surface area (TPSA) is 43.8 Å². The predicted octanol–water partition coefficient (Wildman–Crippen LogP) is 4.03. The lowest BCUT2D eigenvalue weighted by atomic mass is 10.0. The van der Waals surface area contributed by atoms with Crippen molar-refractivity contribution in [3.05, 3.63) is 52.6 Å². The van der Waals surface area contributed by atoms with Crippen molar-refractivity contribution in [3.63, 3.8) is 0 Å². The van der Waals surface area contributed by atoms with E-state index in [9.17, 15) is 4.39 Å². The van der Waals surface area contributed by atoms with E-state index in [1.54, 1.807) is 6.07 Å². The fourth-order valence-corrected chi connectivity index (χ4v) is 3.30. The summed E-state index contributed by atoms with van der Waals surface area (Å²) in [5, 5.41) is 5.00. The van der Waals surface area contributed by atoms with E-state index >= 15 is 0 Å². The molecule has 0 saturated heterocycles. The van der Waals surface area contributed by atoms with Crippen molar-refractivity contribution in [2.45, 2.75) is 44.2 Å². The summed E-state index contributed by atoms with van der Waals surface area (Å²) in [6.07, 6.45) is 7.61. The van der Waals surface area contributed by atoms with Crippen LogP contribution in [0.15, 0.2) is 30.5 Å². The summed E-state index contributed by atoms with van der Waals surface area (Å²) in [7, 11) is 0. The second-order valence-electron chi connectivity index (χ2n) is 5.70. The van der Waals surface area contributed by atoms with Gasteiger partial charge < -0.3 is 5.73 Å². The van der Waals surface area contributed by atoms with Gasteiger partial charge in [0.25, 0.3) is 0 Å². The van der Waals surface area contributed by atoms with E-state index in [1.165, 1.54) is 37.8 Å². The fourth-order valence-electron chi connectivity index (χ4n) is 3.00. The van der Waals surface area contributed by atoms with Crippen molar-refractivity contribution in [2.24, 2.45) is 5.73 Å². The number of nitrogens with two attached hydrogens (primary N) is 1. The second kappa shape index (κ2) is 6.16. The Morgan fingerprint density at radius 1 is 1.33 bits per heavy atom. The molecule has 0 amide bonds. The van der Waals surface area contributed by atoms with Gasteiger partial charge in [0.1, 0.15) is 5.82 Å². The van der Waals surface area contributed by atoms with Gasteiger partial charge in [-0.25, -0.2) is 4.39 Å². The average Bonchev–Trinajstić information content (AvgIpc) is 3.08. The monoisotopic (exact) mass is 307 g/mol. The summed E-state index contributed by atoms with van der Waals surface area (Å²) in [6.45, 7) is 0. The zero-order valence-corrected chi connectivity index (χ0v) is 12.6. The molecule has 0 aliphatic heterocycles. The first kappa shape index (κ1) is 14.5. The minimum atomic E-state index is -0.346. The number of rotatable bonds is 4. The average molecular weight is 308 g/mol. The van der Waals surface area contributed by atoms with Crippen molar-refractivity contribution in [1.29, 1.82) is 0 Å². The van der Waals surface area contributed by atoms with Crippen LogP contribution in [0.5, 0.6) is 0 Å². The molecule has 21 heavy (non-hydrogen) atoms. The highest BCUT2D eigenvalue weighted by atomic mass is 35.5. The van der Waals surface area contributed by atoms with Crippen LogP contribution in [0.4, 0.5) is 4.39 Å². The van der Waals surface area contributed by atoms with Gasteiger partial charge in [-0.15, -0.1) is 0 Å². The highest BCUT2D eigenvalue weighted by Gasteiger charge is 2.18. The fraction of sp³-hybridized carbons (Fsp3) is 0.438. The number of hydrogen-bond acceptors (Lipinski definition) is 2. The van der Waals surface area contributed by atoms with Gasteiger partial charge in [0.15, 0.2) is 0 Å². The smallest absolute Gasteiger partial charge is 0.124 e. The Labute approximate surface area is 128 Å². The van der Waals surface area contributed by atoms with Crippen LogP contribution in [0.1, 0.15) is 49.0 Å². The SMILES string of the molecule is NC(Cc1ccn(C2CCCC2)n1)c1ccc(F)cc1Cl. The van der Waals surface area contributed by atoms with Gasteiger partial charge in [0, 0.05) is 23.7 Å². The molecule has 0 radical (unpaired) electrons. The van der Waals surface area contributed by atoms with E-state index in [0.717, 1.165) is 11.3 Å². The Kier molecular flexibility index (Phi) is 4.27. The van der Waals surface area contributed by atoms with Crippen molar-refractivity contribution in [3.8, 4) is 0 Å². The number of aromatic nitrogens is 2. The standard InChI is InChI=1S/C16H19ClFN3/c17-15-9-11(18)5-6-14(15)16(19)10-12-7-8-21(20-12)13-3-1-2-4-13/h5-9,13,16H,1-4,10,19H2. The molecule has 2 N–H and O–H groups in total. The van der Waals surface area contributed by atoms with Crippen LogP contribution in [0, 0.1) is 5.82 Å². The third-order valence-electron chi connectivity index (χ3n) is 4.15. The molecular formula is C16H19ClFN3. The molecule has 0 spiro atoms. The molecule has 5 heteroatoms. The van der Waals surface area contributed by atoms with E-state index in [4.69, 9.17) is 17.3 Å². The highest BCUT2D eigenvalue weighted by molar-refractivity contribution is 6.31. The molecule has 112 valence electrons. The second-order valence-corrected chi connectivity index (χ2v) is 6.11. The molecule has 3 nitrogen and oxygen atoms in total. The van der Waals surface area contributed by atoms with Gasteiger partial charge in [-0.3, -0.25) is 4.68 Å². The molecule has 3 rings (SSSR count). The zero-order chi connectivity index (χ0) is 14.8. The van der Waals surface area contributed by atoms with Crippen LogP contribution in [0.3, 0.4) is 0 Å². The molecule has 2 aromatic rings. The van der Waals surface area contributed by atoms with E-state index in [1.807, 2.05) is 12.3 Å². The maximum atomic E-state index is 13.1. The van der Waals surface area contributed by atoms with Gasteiger partial charge in [-0.05, 0) is 36.6 Å². The van der Waals surface area contributed by atoms with Gasteiger partial charge in [-0.1, -0.05) is 30.5 Å². The summed E-state index contributed by atoms with van der Waals surface area (Å²) in [5.41, 5.74) is 7.90. The first-order valence-corrected chi connectivity index (χ1v) is 7.76. The molecular weight excluding hydrogens is 289 g/mol. The van der Waals surface area contributed by atoms with Gasteiger partial charge in [-0.2, -0.15) is 5.10 Å². The molecule has 1 heterocycles. The molecule has 1 unspecified atom stereocenters. The van der Waals surface area contributed by atoms with Crippen molar-refractivity contribution < 1.29 is 4.39 Å². The van der Waals surface area contributed by atoms with Crippen LogP contribution in [0.25, 0.3) is 0 Å². The quantitative estimate of drug-likeness (QED) is 0.926. The first-order chi connectivity index (χ1) is 10.1. The molecule has 1 saturated carbocycles. The van der Waals surface area contributed by atoms with Gasteiger partial charge >= 0.3 is 0 Å². The van der Waals surface area contributed by atoms with Crippen LogP contribution in [0.2, 0.25) is 5.02 Å². The molecule has 1 aliphatic rings. The summed E-state index contributed by atoms with van der Waals surface area (Å²) < 4.78 is 15.1. The van der Waals surface area contributed by atoms with E-state index in [0.29, 0.717) is 17.5 Å². The normalized spacial score (nSPS) is 17.3. The summed E-state index contributed by atoms with van der Waals surface area (Å²) in [5.74, 6) is -0.346.